The van der Waals surface area contributed by atoms with Crippen molar-refractivity contribution in [3.8, 4) is 0 Å². The van der Waals surface area contributed by atoms with Gasteiger partial charge in [-0.25, -0.2) is 8.42 Å². The maximum absolute atomic E-state index is 12.5. The zero-order valence-electron chi connectivity index (χ0n) is 7.55. The summed E-state index contributed by atoms with van der Waals surface area (Å²) in [5.41, 5.74) is -1.14. The average Bonchev–Trinajstić information content (AvgIpc) is 2.14. The van der Waals surface area contributed by atoms with Gasteiger partial charge in [-0.05, 0) is 17.7 Å². The van der Waals surface area contributed by atoms with Crippen molar-refractivity contribution in [1.82, 2.24) is 0 Å². The standard InChI is InChI=1S/C8H5Cl2F3O2S/c9-4-5-1-2-7(16(10,14)15)6(3-5)8(11,12)13/h1-3H,4H2. The Hall–Kier alpha value is -0.460. The molecule has 0 saturated heterocycles. The molecule has 1 aromatic rings. The Morgan fingerprint density at radius 2 is 1.81 bits per heavy atom. The molecule has 8 heteroatoms. The average molecular weight is 293 g/mol. The summed E-state index contributed by atoms with van der Waals surface area (Å²) >= 11 is 5.37. The van der Waals surface area contributed by atoms with Gasteiger partial charge in [0.1, 0.15) is 0 Å². The molecule has 1 aromatic carbocycles. The third kappa shape index (κ3) is 3.02. The number of benzene rings is 1. The van der Waals surface area contributed by atoms with Crippen molar-refractivity contribution < 1.29 is 21.6 Å². The van der Waals surface area contributed by atoms with Gasteiger partial charge in [0.2, 0.25) is 0 Å². The molecule has 0 aliphatic rings. The number of alkyl halides is 4. The van der Waals surface area contributed by atoms with E-state index in [2.05, 4.69) is 0 Å². The van der Waals surface area contributed by atoms with Crippen LogP contribution in [-0.4, -0.2) is 8.42 Å². The predicted molar refractivity (Wildman–Crippen MR) is 54.0 cm³/mol. The summed E-state index contributed by atoms with van der Waals surface area (Å²) in [4.78, 5) is -0.962. The van der Waals surface area contributed by atoms with Crippen molar-refractivity contribution in [2.24, 2.45) is 0 Å². The number of rotatable bonds is 2. The molecule has 0 radical (unpaired) electrons. The zero-order valence-corrected chi connectivity index (χ0v) is 9.88. The molecule has 90 valence electrons. The van der Waals surface area contributed by atoms with Crippen LogP contribution in [0.1, 0.15) is 11.1 Å². The minimum absolute atomic E-state index is 0.147. The van der Waals surface area contributed by atoms with Gasteiger partial charge in [0.05, 0.1) is 10.5 Å². The Kier molecular flexibility index (Phi) is 3.76. The first-order valence-corrected chi connectivity index (χ1v) is 6.71. The van der Waals surface area contributed by atoms with Gasteiger partial charge in [-0.3, -0.25) is 0 Å². The molecule has 0 unspecified atom stereocenters. The highest BCUT2D eigenvalue weighted by Gasteiger charge is 2.36. The summed E-state index contributed by atoms with van der Waals surface area (Å²) in [7, 11) is 0.472. The fourth-order valence-electron chi connectivity index (χ4n) is 1.09. The largest absolute Gasteiger partial charge is 0.417 e. The Morgan fingerprint density at radius 3 is 2.19 bits per heavy atom. The molecule has 0 spiro atoms. The lowest BCUT2D eigenvalue weighted by Crippen LogP contribution is -2.11. The minimum atomic E-state index is -4.79. The molecule has 0 aliphatic carbocycles. The van der Waals surface area contributed by atoms with Crippen LogP contribution < -0.4 is 0 Å². The van der Waals surface area contributed by atoms with Crippen LogP contribution >= 0.6 is 22.3 Å². The molecule has 0 fully saturated rings. The molecule has 0 atom stereocenters. The summed E-state index contributed by atoms with van der Waals surface area (Å²) in [6.07, 6.45) is -4.79. The van der Waals surface area contributed by atoms with Crippen molar-refractivity contribution in [1.29, 1.82) is 0 Å². The van der Waals surface area contributed by atoms with Crippen LogP contribution in [0.15, 0.2) is 23.1 Å². The molecule has 0 N–H and O–H groups in total. The van der Waals surface area contributed by atoms with E-state index >= 15 is 0 Å². The molecule has 0 bridgehead atoms. The van der Waals surface area contributed by atoms with Crippen molar-refractivity contribution in [2.75, 3.05) is 0 Å². The third-order valence-corrected chi connectivity index (χ3v) is 3.46. The minimum Gasteiger partial charge on any atom is -0.207 e. The molecule has 0 heterocycles. The van der Waals surface area contributed by atoms with E-state index in [9.17, 15) is 21.6 Å². The smallest absolute Gasteiger partial charge is 0.207 e. The molecular formula is C8H5Cl2F3O2S. The summed E-state index contributed by atoms with van der Waals surface area (Å²) in [5.74, 6) is -0.147. The van der Waals surface area contributed by atoms with Crippen LogP contribution in [0.4, 0.5) is 13.2 Å². The first kappa shape index (κ1) is 13.6. The summed E-state index contributed by atoms with van der Waals surface area (Å²) < 4.78 is 59.5. The van der Waals surface area contributed by atoms with Crippen molar-refractivity contribution in [2.45, 2.75) is 17.0 Å². The van der Waals surface area contributed by atoms with E-state index < -0.39 is 25.7 Å². The first-order valence-electron chi connectivity index (χ1n) is 3.87. The van der Waals surface area contributed by atoms with Gasteiger partial charge in [-0.2, -0.15) is 13.2 Å². The van der Waals surface area contributed by atoms with Crippen molar-refractivity contribution >= 4 is 31.3 Å². The number of hydrogen-bond donors (Lipinski definition) is 0. The fourth-order valence-corrected chi connectivity index (χ4v) is 2.33. The van der Waals surface area contributed by atoms with Gasteiger partial charge in [0.25, 0.3) is 9.05 Å². The van der Waals surface area contributed by atoms with Crippen molar-refractivity contribution in [3.63, 3.8) is 0 Å². The van der Waals surface area contributed by atoms with Crippen LogP contribution in [-0.2, 0) is 21.1 Å². The summed E-state index contributed by atoms with van der Waals surface area (Å²) in [6, 6.07) is 2.64. The molecule has 16 heavy (non-hydrogen) atoms. The maximum Gasteiger partial charge on any atom is 0.417 e. The normalized spacial score (nSPS) is 12.8. The van der Waals surface area contributed by atoms with Crippen LogP contribution in [0, 0.1) is 0 Å². The van der Waals surface area contributed by atoms with Gasteiger partial charge in [0.15, 0.2) is 0 Å². The molecule has 0 aliphatic heterocycles. The van der Waals surface area contributed by atoms with Crippen LogP contribution in [0.2, 0.25) is 0 Å². The van der Waals surface area contributed by atoms with E-state index in [1.54, 1.807) is 0 Å². The van der Waals surface area contributed by atoms with Gasteiger partial charge < -0.3 is 0 Å². The maximum atomic E-state index is 12.5. The Labute approximate surface area is 99.4 Å². The van der Waals surface area contributed by atoms with Gasteiger partial charge >= 0.3 is 6.18 Å². The molecule has 2 nitrogen and oxygen atoms in total. The molecule has 0 saturated carbocycles. The highest BCUT2D eigenvalue weighted by atomic mass is 35.7. The molecular weight excluding hydrogens is 288 g/mol. The quantitative estimate of drug-likeness (QED) is 0.619. The van der Waals surface area contributed by atoms with E-state index in [4.69, 9.17) is 22.3 Å². The van der Waals surface area contributed by atoms with E-state index in [0.717, 1.165) is 6.07 Å². The number of hydrogen-bond acceptors (Lipinski definition) is 2. The lowest BCUT2D eigenvalue weighted by atomic mass is 10.1. The highest BCUT2D eigenvalue weighted by molar-refractivity contribution is 8.13. The first-order chi connectivity index (χ1) is 7.16. The lowest BCUT2D eigenvalue weighted by Gasteiger charge is -2.11. The van der Waals surface area contributed by atoms with E-state index in [1.807, 2.05) is 0 Å². The van der Waals surface area contributed by atoms with Gasteiger partial charge in [-0.1, -0.05) is 6.07 Å². The second-order valence-electron chi connectivity index (χ2n) is 2.90. The van der Waals surface area contributed by atoms with Crippen LogP contribution in [0.25, 0.3) is 0 Å². The molecule has 1 rings (SSSR count). The topological polar surface area (TPSA) is 34.1 Å². The third-order valence-electron chi connectivity index (χ3n) is 1.77. The second kappa shape index (κ2) is 4.43. The van der Waals surface area contributed by atoms with Crippen molar-refractivity contribution in [3.05, 3.63) is 29.3 Å². The molecule has 0 amide bonds. The molecule has 0 aromatic heterocycles. The van der Waals surface area contributed by atoms with Crippen LogP contribution in [0.3, 0.4) is 0 Å². The van der Waals surface area contributed by atoms with E-state index in [0.29, 0.717) is 6.07 Å². The lowest BCUT2D eigenvalue weighted by molar-refractivity contribution is -0.139. The van der Waals surface area contributed by atoms with Gasteiger partial charge in [0, 0.05) is 16.6 Å². The Balaban J connectivity index is 3.52. The van der Waals surface area contributed by atoms with Gasteiger partial charge in [-0.15, -0.1) is 11.6 Å². The van der Waals surface area contributed by atoms with Crippen LogP contribution in [0.5, 0.6) is 0 Å². The summed E-state index contributed by atoms with van der Waals surface area (Å²) in [5, 5.41) is 0. The zero-order chi connectivity index (χ0) is 12.6. The fraction of sp³-hybridized carbons (Fsp3) is 0.250. The van der Waals surface area contributed by atoms with E-state index in [-0.39, 0.29) is 11.4 Å². The predicted octanol–water partition coefficient (Wildman–Crippen LogP) is 3.37. The second-order valence-corrected chi connectivity index (χ2v) is 5.70. The monoisotopic (exact) mass is 292 g/mol. The summed E-state index contributed by atoms with van der Waals surface area (Å²) in [6.45, 7) is 0. The number of halogens is 5. The highest BCUT2D eigenvalue weighted by Crippen LogP contribution is 2.36. The van der Waals surface area contributed by atoms with E-state index in [1.165, 1.54) is 6.07 Å². The Bertz CT molecular complexity index is 496. The Morgan fingerprint density at radius 1 is 1.25 bits per heavy atom. The SMILES string of the molecule is O=S(=O)(Cl)c1ccc(CCl)cc1C(F)(F)F.